The maximum atomic E-state index is 12.0. The molecule has 0 fully saturated rings. The largest absolute Gasteiger partial charge is 0.352 e. The molecule has 1 aromatic carbocycles. The first-order valence-electron chi connectivity index (χ1n) is 6.77. The molecule has 5 nitrogen and oxygen atoms in total. The van der Waals surface area contributed by atoms with Gasteiger partial charge < -0.3 is 5.32 Å². The molecular formula is C14H21ClN2O3S. The average Bonchev–Trinajstić information content (AvgIpc) is 2.36. The Labute approximate surface area is 131 Å². The molecule has 1 amide bonds. The van der Waals surface area contributed by atoms with Crippen LogP contribution in [0.2, 0.25) is 5.02 Å². The Balaban J connectivity index is 2.92. The van der Waals surface area contributed by atoms with E-state index in [0.717, 1.165) is 23.4 Å². The molecule has 0 saturated heterocycles. The lowest BCUT2D eigenvalue weighted by atomic mass is 10.2. The van der Waals surface area contributed by atoms with Crippen molar-refractivity contribution in [3.63, 3.8) is 0 Å². The number of rotatable bonds is 7. The van der Waals surface area contributed by atoms with Crippen LogP contribution in [0.5, 0.6) is 0 Å². The number of carbonyl (C=O) groups excluding carboxylic acids is 1. The molecule has 0 aliphatic carbocycles. The molecule has 0 unspecified atom stereocenters. The number of anilines is 1. The molecule has 0 saturated carbocycles. The van der Waals surface area contributed by atoms with Crippen molar-refractivity contribution >= 4 is 33.2 Å². The van der Waals surface area contributed by atoms with Crippen molar-refractivity contribution in [1.29, 1.82) is 0 Å². The lowest BCUT2D eigenvalue weighted by Gasteiger charge is -2.23. The second kappa shape index (κ2) is 7.66. The smallest absolute Gasteiger partial charge is 0.240 e. The molecular weight excluding hydrogens is 312 g/mol. The van der Waals surface area contributed by atoms with Crippen LogP contribution in [0.4, 0.5) is 5.69 Å². The highest BCUT2D eigenvalue weighted by molar-refractivity contribution is 7.92. The summed E-state index contributed by atoms with van der Waals surface area (Å²) in [7, 11) is -3.60. The van der Waals surface area contributed by atoms with E-state index >= 15 is 0 Å². The van der Waals surface area contributed by atoms with Crippen molar-refractivity contribution < 1.29 is 13.2 Å². The van der Waals surface area contributed by atoms with Gasteiger partial charge >= 0.3 is 0 Å². The van der Waals surface area contributed by atoms with Crippen LogP contribution in [-0.2, 0) is 14.8 Å². The Morgan fingerprint density at radius 2 is 2.00 bits per heavy atom. The normalized spacial score (nSPS) is 12.8. The number of benzene rings is 1. The van der Waals surface area contributed by atoms with Crippen LogP contribution in [0.25, 0.3) is 0 Å². The van der Waals surface area contributed by atoms with Crippen LogP contribution in [-0.4, -0.2) is 33.2 Å². The van der Waals surface area contributed by atoms with Gasteiger partial charge in [0.25, 0.3) is 0 Å². The van der Waals surface area contributed by atoms with Gasteiger partial charge in [0.2, 0.25) is 15.9 Å². The molecule has 0 heterocycles. The summed E-state index contributed by atoms with van der Waals surface area (Å²) in [5.74, 6) is -0.346. The number of para-hydroxylation sites is 1. The first-order valence-corrected chi connectivity index (χ1v) is 9.00. The van der Waals surface area contributed by atoms with Crippen LogP contribution in [0.3, 0.4) is 0 Å². The number of nitrogens with zero attached hydrogens (tertiary/aromatic N) is 1. The van der Waals surface area contributed by atoms with Gasteiger partial charge in [0.1, 0.15) is 6.54 Å². The summed E-state index contributed by atoms with van der Waals surface area (Å²) in [6.45, 7) is 3.63. The van der Waals surface area contributed by atoms with Gasteiger partial charge in [-0.3, -0.25) is 9.10 Å². The number of nitrogens with one attached hydrogen (secondary N) is 1. The number of hydrogen-bond acceptors (Lipinski definition) is 3. The topological polar surface area (TPSA) is 66.5 Å². The van der Waals surface area contributed by atoms with E-state index in [0.29, 0.717) is 5.69 Å². The zero-order chi connectivity index (χ0) is 16.0. The molecule has 0 aliphatic rings. The van der Waals surface area contributed by atoms with Gasteiger partial charge in [-0.1, -0.05) is 37.1 Å². The number of sulfonamides is 1. The van der Waals surface area contributed by atoms with Crippen LogP contribution >= 0.6 is 11.6 Å². The molecule has 118 valence electrons. The summed E-state index contributed by atoms with van der Waals surface area (Å²) in [5.41, 5.74) is 0.306. The third kappa shape index (κ3) is 5.55. The van der Waals surface area contributed by atoms with Crippen LogP contribution < -0.4 is 9.62 Å². The molecule has 0 radical (unpaired) electrons. The minimum atomic E-state index is -3.60. The lowest BCUT2D eigenvalue weighted by molar-refractivity contribution is -0.120. The molecule has 1 atom stereocenters. The summed E-state index contributed by atoms with van der Waals surface area (Å²) in [6, 6.07) is 6.56. The Morgan fingerprint density at radius 1 is 1.38 bits per heavy atom. The van der Waals surface area contributed by atoms with E-state index in [4.69, 9.17) is 11.6 Å². The molecule has 1 N–H and O–H groups in total. The zero-order valence-corrected chi connectivity index (χ0v) is 14.0. The van der Waals surface area contributed by atoms with E-state index in [-0.39, 0.29) is 23.5 Å². The fraction of sp³-hybridized carbons (Fsp3) is 0.500. The van der Waals surface area contributed by atoms with E-state index in [1.54, 1.807) is 24.3 Å². The summed E-state index contributed by atoms with van der Waals surface area (Å²) in [5, 5.41) is 3.07. The van der Waals surface area contributed by atoms with E-state index in [2.05, 4.69) is 5.32 Å². The number of amides is 1. The Bertz CT molecular complexity index is 590. The van der Waals surface area contributed by atoms with E-state index in [1.165, 1.54) is 0 Å². The summed E-state index contributed by atoms with van der Waals surface area (Å²) >= 11 is 6.03. The van der Waals surface area contributed by atoms with E-state index < -0.39 is 10.0 Å². The van der Waals surface area contributed by atoms with Crippen molar-refractivity contribution in [2.45, 2.75) is 32.7 Å². The standard InChI is InChI=1S/C14H21ClN2O3S/c1-4-7-11(2)16-14(18)10-17(21(3,19)20)13-9-6-5-8-12(13)15/h5-6,8-9,11H,4,7,10H2,1-3H3,(H,16,18)/t11-/m1/s1. The van der Waals surface area contributed by atoms with E-state index in [1.807, 2.05) is 13.8 Å². The summed E-state index contributed by atoms with van der Waals surface area (Å²) in [4.78, 5) is 12.0. The third-order valence-electron chi connectivity index (χ3n) is 2.94. The first kappa shape index (κ1) is 17.8. The summed E-state index contributed by atoms with van der Waals surface area (Å²) in [6.07, 6.45) is 2.84. The second-order valence-corrected chi connectivity index (χ2v) is 7.29. The Morgan fingerprint density at radius 3 is 2.52 bits per heavy atom. The van der Waals surface area contributed by atoms with Gasteiger partial charge in [-0.05, 0) is 25.5 Å². The van der Waals surface area contributed by atoms with Gasteiger partial charge in [-0.25, -0.2) is 8.42 Å². The molecule has 7 heteroatoms. The Hall–Kier alpha value is -1.27. The maximum absolute atomic E-state index is 12.0. The molecule has 1 rings (SSSR count). The highest BCUT2D eigenvalue weighted by Crippen LogP contribution is 2.26. The zero-order valence-electron chi connectivity index (χ0n) is 12.5. The monoisotopic (exact) mass is 332 g/mol. The van der Waals surface area contributed by atoms with Crippen molar-refractivity contribution in [3.05, 3.63) is 29.3 Å². The quantitative estimate of drug-likeness (QED) is 0.833. The van der Waals surface area contributed by atoms with Crippen molar-refractivity contribution in [2.75, 3.05) is 17.1 Å². The minimum absolute atomic E-state index is 0.00940. The average molecular weight is 333 g/mol. The second-order valence-electron chi connectivity index (χ2n) is 4.98. The molecule has 21 heavy (non-hydrogen) atoms. The fourth-order valence-electron chi connectivity index (χ4n) is 1.99. The van der Waals surface area contributed by atoms with Crippen molar-refractivity contribution in [3.8, 4) is 0 Å². The Kier molecular flexibility index (Phi) is 6.48. The lowest BCUT2D eigenvalue weighted by Crippen LogP contribution is -2.43. The predicted octanol–water partition coefficient (Wildman–Crippen LogP) is 2.41. The molecule has 0 aliphatic heterocycles. The van der Waals surface area contributed by atoms with Gasteiger partial charge in [0.05, 0.1) is 17.0 Å². The van der Waals surface area contributed by atoms with E-state index in [9.17, 15) is 13.2 Å². The van der Waals surface area contributed by atoms with Crippen LogP contribution in [0, 0.1) is 0 Å². The fourth-order valence-corrected chi connectivity index (χ4v) is 3.15. The van der Waals surface area contributed by atoms with Crippen LogP contribution in [0.15, 0.2) is 24.3 Å². The van der Waals surface area contributed by atoms with Gasteiger partial charge in [0.15, 0.2) is 0 Å². The molecule has 1 aromatic rings. The molecule has 0 aromatic heterocycles. The predicted molar refractivity (Wildman–Crippen MR) is 86.2 cm³/mol. The highest BCUT2D eigenvalue weighted by Gasteiger charge is 2.23. The molecule has 0 spiro atoms. The van der Waals surface area contributed by atoms with Crippen LogP contribution in [0.1, 0.15) is 26.7 Å². The maximum Gasteiger partial charge on any atom is 0.240 e. The minimum Gasteiger partial charge on any atom is -0.352 e. The third-order valence-corrected chi connectivity index (χ3v) is 4.38. The van der Waals surface area contributed by atoms with Gasteiger partial charge in [0, 0.05) is 6.04 Å². The molecule has 0 bridgehead atoms. The SMILES string of the molecule is CCC[C@@H](C)NC(=O)CN(c1ccccc1Cl)S(C)(=O)=O. The van der Waals surface area contributed by atoms with Gasteiger partial charge in [-0.2, -0.15) is 0 Å². The number of hydrogen-bond donors (Lipinski definition) is 1. The van der Waals surface area contributed by atoms with Crippen molar-refractivity contribution in [2.24, 2.45) is 0 Å². The van der Waals surface area contributed by atoms with Crippen molar-refractivity contribution in [1.82, 2.24) is 5.32 Å². The van der Waals surface area contributed by atoms with Gasteiger partial charge in [-0.15, -0.1) is 0 Å². The number of carbonyl (C=O) groups is 1. The highest BCUT2D eigenvalue weighted by atomic mass is 35.5. The first-order chi connectivity index (χ1) is 9.75. The number of halogens is 1. The summed E-state index contributed by atoms with van der Waals surface area (Å²) < 4.78 is 24.9.